The minimum atomic E-state index is -0.283. The Balaban J connectivity index is 1.28. The van der Waals surface area contributed by atoms with E-state index < -0.39 is 0 Å². The predicted octanol–water partition coefficient (Wildman–Crippen LogP) is 7.24. The standard InChI is InChI=1S/C32H29N3O3S2/c1-37-28-15-8-13-24(32(28)38-2)27-18-25(29-16-9-17-39-29)33-35(27)31(36)21-40-30-20-34(19-22-10-4-3-5-11-22)26-14-7-6-12-23(26)30/h3-17,20,27H,18-19,21H2,1-2H3. The summed E-state index contributed by atoms with van der Waals surface area (Å²) in [5.74, 6) is 1.49. The van der Waals surface area contributed by atoms with Gasteiger partial charge in [0.15, 0.2) is 11.5 Å². The molecule has 0 saturated carbocycles. The third kappa shape index (κ3) is 5.12. The van der Waals surface area contributed by atoms with Crippen LogP contribution in [-0.4, -0.2) is 41.2 Å². The summed E-state index contributed by atoms with van der Waals surface area (Å²) in [7, 11) is 3.25. The van der Waals surface area contributed by atoms with Crippen molar-refractivity contribution in [2.45, 2.75) is 23.9 Å². The van der Waals surface area contributed by atoms with E-state index in [1.807, 2.05) is 47.8 Å². The van der Waals surface area contributed by atoms with Crippen molar-refractivity contribution in [2.24, 2.45) is 5.10 Å². The Morgan fingerprint density at radius 1 is 0.975 bits per heavy atom. The topological polar surface area (TPSA) is 56.1 Å². The first-order valence-electron chi connectivity index (χ1n) is 13.0. The van der Waals surface area contributed by atoms with E-state index in [4.69, 9.17) is 14.6 Å². The van der Waals surface area contributed by atoms with E-state index in [-0.39, 0.29) is 17.7 Å². The summed E-state index contributed by atoms with van der Waals surface area (Å²) in [6.07, 6.45) is 2.76. The Bertz CT molecular complexity index is 1660. The molecule has 0 N–H and O–H groups in total. The molecule has 0 radical (unpaired) electrons. The number of benzene rings is 3. The van der Waals surface area contributed by atoms with Crippen LogP contribution in [0.2, 0.25) is 0 Å². The molecular formula is C32H29N3O3S2. The molecule has 0 fully saturated rings. The second-order valence-corrected chi connectivity index (χ2v) is 11.4. The van der Waals surface area contributed by atoms with Crippen molar-refractivity contribution >= 4 is 45.6 Å². The Hall–Kier alpha value is -4.01. The van der Waals surface area contributed by atoms with Crippen molar-refractivity contribution in [3.8, 4) is 11.5 Å². The molecule has 0 aliphatic carbocycles. The summed E-state index contributed by atoms with van der Waals surface area (Å²) in [6.45, 7) is 0.772. The van der Waals surface area contributed by atoms with Gasteiger partial charge in [0.05, 0.1) is 36.6 Å². The summed E-state index contributed by atoms with van der Waals surface area (Å²) >= 11 is 3.19. The van der Waals surface area contributed by atoms with Gasteiger partial charge in [-0.1, -0.05) is 66.7 Å². The van der Waals surface area contributed by atoms with Crippen molar-refractivity contribution < 1.29 is 14.3 Å². The molecule has 40 heavy (non-hydrogen) atoms. The Labute approximate surface area is 241 Å². The zero-order valence-corrected chi connectivity index (χ0v) is 24.0. The number of hydrogen-bond acceptors (Lipinski definition) is 6. The maximum absolute atomic E-state index is 13.8. The van der Waals surface area contributed by atoms with Gasteiger partial charge in [-0.05, 0) is 29.1 Å². The SMILES string of the molecule is COc1cccc(C2CC(c3cccs3)=NN2C(=O)CSc2cn(Cc3ccccc3)c3ccccc23)c1OC. The molecule has 0 saturated heterocycles. The molecule has 0 spiro atoms. The largest absolute Gasteiger partial charge is 0.493 e. The fourth-order valence-electron chi connectivity index (χ4n) is 5.19. The number of methoxy groups -OCH3 is 2. The van der Waals surface area contributed by atoms with Crippen LogP contribution in [0.15, 0.2) is 107 Å². The second kappa shape index (κ2) is 11.6. The lowest BCUT2D eigenvalue weighted by atomic mass is 9.99. The van der Waals surface area contributed by atoms with Crippen LogP contribution in [0.25, 0.3) is 10.9 Å². The smallest absolute Gasteiger partial charge is 0.253 e. The number of fused-ring (bicyclic) bond motifs is 1. The molecule has 3 heterocycles. The molecule has 0 bridgehead atoms. The van der Waals surface area contributed by atoms with E-state index in [0.717, 1.165) is 38.5 Å². The van der Waals surface area contributed by atoms with Crippen LogP contribution in [0.5, 0.6) is 11.5 Å². The summed E-state index contributed by atoms with van der Waals surface area (Å²) < 4.78 is 13.5. The average molecular weight is 568 g/mol. The maximum atomic E-state index is 13.8. The van der Waals surface area contributed by atoms with E-state index in [1.54, 1.807) is 42.3 Å². The molecule has 1 aliphatic rings. The van der Waals surface area contributed by atoms with E-state index >= 15 is 0 Å². The van der Waals surface area contributed by atoms with Crippen LogP contribution >= 0.6 is 23.1 Å². The normalized spacial score (nSPS) is 14.9. The Kier molecular flexibility index (Phi) is 7.62. The van der Waals surface area contributed by atoms with Gasteiger partial charge in [-0.25, -0.2) is 5.01 Å². The van der Waals surface area contributed by atoms with Gasteiger partial charge in [-0.2, -0.15) is 5.10 Å². The number of carbonyl (C=O) groups is 1. The number of hydrazone groups is 1. The van der Waals surface area contributed by atoms with Gasteiger partial charge in [0.2, 0.25) is 0 Å². The first-order valence-corrected chi connectivity index (χ1v) is 14.9. The van der Waals surface area contributed by atoms with Crippen molar-refractivity contribution in [1.82, 2.24) is 9.58 Å². The van der Waals surface area contributed by atoms with Gasteiger partial charge in [0.1, 0.15) is 0 Å². The first kappa shape index (κ1) is 26.2. The average Bonchev–Trinajstić information content (AvgIpc) is 3.76. The molecule has 1 atom stereocenters. The number of amides is 1. The highest BCUT2D eigenvalue weighted by Crippen LogP contribution is 2.42. The number of carbonyl (C=O) groups excluding carboxylic acids is 1. The van der Waals surface area contributed by atoms with Crippen LogP contribution in [0.1, 0.15) is 28.5 Å². The highest BCUT2D eigenvalue weighted by atomic mass is 32.2. The molecule has 6 rings (SSSR count). The van der Waals surface area contributed by atoms with Crippen LogP contribution in [-0.2, 0) is 11.3 Å². The van der Waals surface area contributed by atoms with Crippen molar-refractivity contribution in [3.63, 3.8) is 0 Å². The van der Waals surface area contributed by atoms with Gasteiger partial charge in [-0.15, -0.1) is 23.1 Å². The number of para-hydroxylation sites is 2. The zero-order chi connectivity index (χ0) is 27.5. The van der Waals surface area contributed by atoms with Crippen LogP contribution in [0, 0.1) is 0 Å². The molecule has 6 nitrogen and oxygen atoms in total. The molecule has 1 unspecified atom stereocenters. The molecule has 5 aromatic rings. The van der Waals surface area contributed by atoms with Gasteiger partial charge in [0.25, 0.3) is 5.91 Å². The molecular weight excluding hydrogens is 539 g/mol. The first-order chi connectivity index (χ1) is 19.7. The summed E-state index contributed by atoms with van der Waals surface area (Å²) in [5, 5.41) is 9.67. The Morgan fingerprint density at radius 2 is 1.80 bits per heavy atom. The summed E-state index contributed by atoms with van der Waals surface area (Å²) in [4.78, 5) is 16.0. The van der Waals surface area contributed by atoms with Crippen LogP contribution in [0.4, 0.5) is 0 Å². The van der Waals surface area contributed by atoms with Gasteiger partial charge >= 0.3 is 0 Å². The number of thioether (sulfide) groups is 1. The molecule has 1 amide bonds. The lowest BCUT2D eigenvalue weighted by Gasteiger charge is -2.24. The monoisotopic (exact) mass is 567 g/mol. The quantitative estimate of drug-likeness (QED) is 0.176. The van der Waals surface area contributed by atoms with Crippen molar-refractivity contribution in [2.75, 3.05) is 20.0 Å². The fourth-order valence-corrected chi connectivity index (χ4v) is 6.86. The van der Waals surface area contributed by atoms with Crippen molar-refractivity contribution in [1.29, 1.82) is 0 Å². The summed E-state index contributed by atoms with van der Waals surface area (Å²) in [6, 6.07) is 28.3. The second-order valence-electron chi connectivity index (χ2n) is 9.48. The number of rotatable bonds is 9. The number of nitrogens with zero attached hydrogens (tertiary/aromatic N) is 3. The van der Waals surface area contributed by atoms with Gasteiger partial charge in [-0.3, -0.25) is 4.79 Å². The lowest BCUT2D eigenvalue weighted by molar-refractivity contribution is -0.130. The van der Waals surface area contributed by atoms with Crippen molar-refractivity contribution in [3.05, 3.63) is 113 Å². The third-order valence-electron chi connectivity index (χ3n) is 7.06. The number of aromatic nitrogens is 1. The fraction of sp³-hybridized carbons (Fsp3) is 0.188. The highest BCUT2D eigenvalue weighted by Gasteiger charge is 2.36. The minimum absolute atomic E-state index is 0.0497. The number of ether oxygens (including phenoxy) is 2. The maximum Gasteiger partial charge on any atom is 0.253 e. The van der Waals surface area contributed by atoms with Crippen LogP contribution in [0.3, 0.4) is 0 Å². The predicted molar refractivity (Wildman–Crippen MR) is 163 cm³/mol. The molecule has 3 aromatic carbocycles. The highest BCUT2D eigenvalue weighted by molar-refractivity contribution is 8.00. The van der Waals surface area contributed by atoms with E-state index in [2.05, 4.69) is 53.2 Å². The van der Waals surface area contributed by atoms with E-state index in [1.165, 1.54) is 5.56 Å². The molecule has 1 aliphatic heterocycles. The van der Waals surface area contributed by atoms with Gasteiger partial charge in [0, 0.05) is 40.5 Å². The lowest BCUT2D eigenvalue weighted by Crippen LogP contribution is -2.28. The van der Waals surface area contributed by atoms with E-state index in [9.17, 15) is 4.79 Å². The minimum Gasteiger partial charge on any atom is -0.493 e. The number of hydrogen-bond donors (Lipinski definition) is 0. The van der Waals surface area contributed by atoms with Crippen LogP contribution < -0.4 is 9.47 Å². The van der Waals surface area contributed by atoms with E-state index in [0.29, 0.717) is 17.9 Å². The number of thiophene rings is 1. The Morgan fingerprint density at radius 3 is 2.58 bits per heavy atom. The third-order valence-corrected chi connectivity index (χ3v) is 9.01. The summed E-state index contributed by atoms with van der Waals surface area (Å²) in [5.41, 5.74) is 4.18. The molecule has 8 heteroatoms. The molecule has 202 valence electrons. The molecule has 2 aromatic heterocycles. The zero-order valence-electron chi connectivity index (χ0n) is 22.3. The van der Waals surface area contributed by atoms with Gasteiger partial charge < -0.3 is 14.0 Å².